The van der Waals surface area contributed by atoms with Crippen molar-refractivity contribution in [1.82, 2.24) is 0 Å². The van der Waals surface area contributed by atoms with Gasteiger partial charge in [-0.1, -0.05) is 38.0 Å². The van der Waals surface area contributed by atoms with Crippen molar-refractivity contribution in [3.05, 3.63) is 29.8 Å². The summed E-state index contributed by atoms with van der Waals surface area (Å²) in [7, 11) is 0. The van der Waals surface area contributed by atoms with Crippen LogP contribution in [0, 0.1) is 6.92 Å². The van der Waals surface area contributed by atoms with Gasteiger partial charge in [0.15, 0.2) is 0 Å². The van der Waals surface area contributed by atoms with E-state index in [1.165, 1.54) is 17.9 Å². The SMILES string of the molecule is CCCCCN(O)c1ccccc1C. The number of hydrogen-bond acceptors (Lipinski definition) is 2. The Bertz CT molecular complexity index is 273. The summed E-state index contributed by atoms with van der Waals surface area (Å²) in [5.74, 6) is 0. The Morgan fingerprint density at radius 2 is 1.93 bits per heavy atom. The molecule has 1 aromatic rings. The second kappa shape index (κ2) is 5.66. The van der Waals surface area contributed by atoms with Crippen LogP contribution in [0.3, 0.4) is 0 Å². The van der Waals surface area contributed by atoms with E-state index in [1.54, 1.807) is 0 Å². The van der Waals surface area contributed by atoms with Crippen LogP contribution in [-0.4, -0.2) is 11.8 Å². The molecular weight excluding hydrogens is 174 g/mol. The first-order valence-corrected chi connectivity index (χ1v) is 5.27. The van der Waals surface area contributed by atoms with Crippen molar-refractivity contribution in [2.24, 2.45) is 0 Å². The zero-order valence-corrected chi connectivity index (χ0v) is 9.03. The maximum Gasteiger partial charge on any atom is 0.0663 e. The van der Waals surface area contributed by atoms with E-state index >= 15 is 0 Å². The number of hydroxylamine groups is 1. The summed E-state index contributed by atoms with van der Waals surface area (Å²) in [4.78, 5) is 0. The average molecular weight is 193 g/mol. The summed E-state index contributed by atoms with van der Waals surface area (Å²) in [5, 5.41) is 11.1. The lowest BCUT2D eigenvalue weighted by Gasteiger charge is -2.18. The third kappa shape index (κ3) is 3.04. The minimum atomic E-state index is 0.721. The van der Waals surface area contributed by atoms with Crippen molar-refractivity contribution >= 4 is 5.69 Å². The Kier molecular flexibility index (Phi) is 4.47. The molecule has 0 aliphatic carbocycles. The van der Waals surface area contributed by atoms with Gasteiger partial charge in [-0.3, -0.25) is 10.3 Å². The zero-order valence-electron chi connectivity index (χ0n) is 9.03. The monoisotopic (exact) mass is 193 g/mol. The second-order valence-corrected chi connectivity index (χ2v) is 3.62. The molecule has 0 aromatic heterocycles. The number of rotatable bonds is 5. The van der Waals surface area contributed by atoms with Crippen molar-refractivity contribution < 1.29 is 5.21 Å². The fourth-order valence-corrected chi connectivity index (χ4v) is 1.49. The number of para-hydroxylation sites is 1. The highest BCUT2D eigenvalue weighted by Gasteiger charge is 2.04. The van der Waals surface area contributed by atoms with Gasteiger partial charge in [0.05, 0.1) is 5.69 Å². The normalized spacial score (nSPS) is 10.2. The van der Waals surface area contributed by atoms with Gasteiger partial charge in [-0.05, 0) is 25.0 Å². The van der Waals surface area contributed by atoms with Gasteiger partial charge in [0.25, 0.3) is 0 Å². The first kappa shape index (κ1) is 11.1. The molecular formula is C12H19NO. The number of nitrogens with zero attached hydrogens (tertiary/aromatic N) is 1. The van der Waals surface area contributed by atoms with Crippen LogP contribution in [0.15, 0.2) is 24.3 Å². The molecule has 0 saturated heterocycles. The van der Waals surface area contributed by atoms with Gasteiger partial charge in [0, 0.05) is 6.54 Å². The molecule has 0 radical (unpaired) electrons. The van der Waals surface area contributed by atoms with E-state index in [2.05, 4.69) is 6.92 Å². The molecule has 14 heavy (non-hydrogen) atoms. The lowest BCUT2D eigenvalue weighted by molar-refractivity contribution is 0.251. The molecule has 78 valence electrons. The number of unbranched alkanes of at least 4 members (excludes halogenated alkanes) is 2. The number of anilines is 1. The predicted octanol–water partition coefficient (Wildman–Crippen LogP) is 3.38. The third-order valence-electron chi connectivity index (χ3n) is 2.37. The zero-order chi connectivity index (χ0) is 10.4. The van der Waals surface area contributed by atoms with Crippen LogP contribution in [0.25, 0.3) is 0 Å². The molecule has 0 aliphatic rings. The summed E-state index contributed by atoms with van der Waals surface area (Å²) in [6.45, 7) is 4.90. The van der Waals surface area contributed by atoms with Crippen molar-refractivity contribution in [3.8, 4) is 0 Å². The van der Waals surface area contributed by atoms with Crippen molar-refractivity contribution in [2.45, 2.75) is 33.1 Å². The smallest absolute Gasteiger partial charge is 0.0663 e. The molecule has 0 amide bonds. The summed E-state index contributed by atoms with van der Waals surface area (Å²) in [5.41, 5.74) is 2.04. The van der Waals surface area contributed by atoms with Gasteiger partial charge >= 0.3 is 0 Å². The molecule has 0 fully saturated rings. The molecule has 0 spiro atoms. The molecule has 0 atom stereocenters. The minimum Gasteiger partial charge on any atom is -0.288 e. The topological polar surface area (TPSA) is 23.5 Å². The number of benzene rings is 1. The highest BCUT2D eigenvalue weighted by Crippen LogP contribution is 2.17. The Balaban J connectivity index is 2.51. The molecule has 0 unspecified atom stereocenters. The van der Waals surface area contributed by atoms with Crippen LogP contribution in [0.5, 0.6) is 0 Å². The van der Waals surface area contributed by atoms with Gasteiger partial charge in [-0.2, -0.15) is 0 Å². The van der Waals surface area contributed by atoms with E-state index in [0.29, 0.717) is 0 Å². The Hall–Kier alpha value is -1.02. The standard InChI is InChI=1S/C12H19NO/c1-3-4-7-10-13(14)12-9-6-5-8-11(12)2/h5-6,8-9,14H,3-4,7,10H2,1-2H3. The first-order valence-electron chi connectivity index (χ1n) is 5.27. The van der Waals surface area contributed by atoms with Crippen molar-refractivity contribution in [3.63, 3.8) is 0 Å². The van der Waals surface area contributed by atoms with Crippen molar-refractivity contribution in [1.29, 1.82) is 0 Å². The van der Waals surface area contributed by atoms with E-state index in [9.17, 15) is 5.21 Å². The van der Waals surface area contributed by atoms with Gasteiger partial charge in [-0.25, -0.2) is 0 Å². The first-order chi connectivity index (χ1) is 6.75. The number of aryl methyl sites for hydroxylation is 1. The molecule has 2 nitrogen and oxygen atoms in total. The van der Waals surface area contributed by atoms with Crippen LogP contribution in [-0.2, 0) is 0 Å². The predicted molar refractivity (Wildman–Crippen MR) is 59.8 cm³/mol. The van der Waals surface area contributed by atoms with E-state index in [0.717, 1.165) is 24.2 Å². The Labute approximate surface area is 86.1 Å². The van der Waals surface area contributed by atoms with Gasteiger partial charge in [0.1, 0.15) is 0 Å². The highest BCUT2D eigenvalue weighted by atomic mass is 16.5. The summed E-state index contributed by atoms with van der Waals surface area (Å²) >= 11 is 0. The Morgan fingerprint density at radius 1 is 1.21 bits per heavy atom. The molecule has 1 aromatic carbocycles. The fourth-order valence-electron chi connectivity index (χ4n) is 1.49. The van der Waals surface area contributed by atoms with Crippen LogP contribution in [0.4, 0.5) is 5.69 Å². The number of hydrogen-bond donors (Lipinski definition) is 1. The van der Waals surface area contributed by atoms with Gasteiger partial charge in [-0.15, -0.1) is 0 Å². The maximum atomic E-state index is 9.76. The van der Waals surface area contributed by atoms with E-state index in [4.69, 9.17) is 0 Å². The van der Waals surface area contributed by atoms with Crippen LogP contribution >= 0.6 is 0 Å². The fraction of sp³-hybridized carbons (Fsp3) is 0.500. The van der Waals surface area contributed by atoms with Crippen molar-refractivity contribution in [2.75, 3.05) is 11.6 Å². The summed E-state index contributed by atoms with van der Waals surface area (Å²) in [6, 6.07) is 7.89. The van der Waals surface area contributed by atoms with Crippen LogP contribution in [0.2, 0.25) is 0 Å². The highest BCUT2D eigenvalue weighted by molar-refractivity contribution is 5.50. The summed E-state index contributed by atoms with van der Waals surface area (Å²) < 4.78 is 0. The average Bonchev–Trinajstić information content (AvgIpc) is 2.18. The maximum absolute atomic E-state index is 9.76. The van der Waals surface area contributed by atoms with E-state index < -0.39 is 0 Å². The van der Waals surface area contributed by atoms with Gasteiger partial charge in [0.2, 0.25) is 0 Å². The molecule has 0 heterocycles. The molecule has 0 bridgehead atoms. The van der Waals surface area contributed by atoms with Crippen LogP contribution in [0.1, 0.15) is 31.7 Å². The Morgan fingerprint density at radius 3 is 2.57 bits per heavy atom. The molecule has 1 rings (SSSR count). The lowest BCUT2D eigenvalue weighted by Crippen LogP contribution is -2.20. The molecule has 0 saturated carbocycles. The van der Waals surface area contributed by atoms with Gasteiger partial charge < -0.3 is 0 Å². The minimum absolute atomic E-state index is 0.721. The molecule has 2 heteroatoms. The quantitative estimate of drug-likeness (QED) is 0.572. The second-order valence-electron chi connectivity index (χ2n) is 3.62. The molecule has 1 N–H and O–H groups in total. The van der Waals surface area contributed by atoms with Crippen LogP contribution < -0.4 is 5.06 Å². The lowest BCUT2D eigenvalue weighted by atomic mass is 10.2. The largest absolute Gasteiger partial charge is 0.288 e. The van der Waals surface area contributed by atoms with E-state index in [1.807, 2.05) is 31.2 Å². The van der Waals surface area contributed by atoms with E-state index in [-0.39, 0.29) is 0 Å². The molecule has 0 aliphatic heterocycles. The third-order valence-corrected chi connectivity index (χ3v) is 2.37. The summed E-state index contributed by atoms with van der Waals surface area (Å²) in [6.07, 6.45) is 3.39.